The van der Waals surface area contributed by atoms with Crippen molar-refractivity contribution >= 4 is 27.0 Å². The van der Waals surface area contributed by atoms with Crippen LogP contribution in [0.5, 0.6) is 0 Å². The van der Waals surface area contributed by atoms with Gasteiger partial charge >= 0.3 is 0 Å². The van der Waals surface area contributed by atoms with Gasteiger partial charge < -0.3 is 10.8 Å². The maximum atomic E-state index is 13.7. The van der Waals surface area contributed by atoms with Gasteiger partial charge in [0.1, 0.15) is 11.4 Å². The first-order valence-electron chi connectivity index (χ1n) is 12.5. The van der Waals surface area contributed by atoms with Crippen LogP contribution in [0.1, 0.15) is 46.3 Å². The Balaban J connectivity index is 1.72. The molecular weight excluding hydrogens is 523 g/mol. The lowest BCUT2D eigenvalue weighted by Gasteiger charge is -2.26. The molecule has 0 spiro atoms. The highest BCUT2D eigenvalue weighted by atomic mass is 32.2. The highest BCUT2D eigenvalue weighted by Crippen LogP contribution is 2.26. The first-order chi connectivity index (χ1) is 18.7. The summed E-state index contributed by atoms with van der Waals surface area (Å²) in [5, 5.41) is 10.1. The van der Waals surface area contributed by atoms with Crippen molar-refractivity contribution in [2.75, 3.05) is 13.1 Å². The summed E-state index contributed by atoms with van der Waals surface area (Å²) in [5.41, 5.74) is 6.44. The van der Waals surface area contributed by atoms with E-state index in [2.05, 4.69) is 4.98 Å². The molecule has 3 heterocycles. The van der Waals surface area contributed by atoms with Gasteiger partial charge in [-0.05, 0) is 66.8 Å². The fourth-order valence-electron chi connectivity index (χ4n) is 5.00. The number of carbonyl (C=O) groups excluding carboxylic acids is 1. The predicted octanol–water partition coefficient (Wildman–Crippen LogP) is 2.88. The highest BCUT2D eigenvalue weighted by molar-refractivity contribution is 7.89. The van der Waals surface area contributed by atoms with Crippen molar-refractivity contribution in [2.24, 2.45) is 5.73 Å². The normalized spacial score (nSPS) is 14.5. The molecule has 2 aromatic heterocycles. The van der Waals surface area contributed by atoms with Crippen molar-refractivity contribution in [1.82, 2.24) is 13.9 Å². The van der Waals surface area contributed by atoms with Crippen LogP contribution in [0.15, 0.2) is 70.5 Å². The summed E-state index contributed by atoms with van der Waals surface area (Å²) in [6.07, 6.45) is 4.43. The fraction of sp³-hybridized carbons (Fsp3) is 0.250. The number of halogens is 1. The Hall–Kier alpha value is -3.93. The summed E-state index contributed by atoms with van der Waals surface area (Å²) in [6.45, 7) is 0.185. The largest absolute Gasteiger partial charge is 0.392 e. The smallest absolute Gasteiger partial charge is 0.268 e. The molecule has 0 radical (unpaired) electrons. The lowest BCUT2D eigenvalue weighted by atomic mass is 10.0. The zero-order valence-corrected chi connectivity index (χ0v) is 21.8. The summed E-state index contributed by atoms with van der Waals surface area (Å²) in [4.78, 5) is 30.5. The van der Waals surface area contributed by atoms with E-state index in [0.29, 0.717) is 25.1 Å². The lowest BCUT2D eigenvalue weighted by molar-refractivity contribution is 0.0995. The molecule has 1 fully saturated rings. The van der Waals surface area contributed by atoms with Crippen LogP contribution in [-0.4, -0.2) is 46.4 Å². The summed E-state index contributed by atoms with van der Waals surface area (Å²) < 4.78 is 42.8. The van der Waals surface area contributed by atoms with Crippen LogP contribution in [0.25, 0.3) is 16.7 Å². The number of hydrogen-bond donors (Lipinski definition) is 2. The van der Waals surface area contributed by atoms with Gasteiger partial charge in [0.2, 0.25) is 10.0 Å². The molecule has 1 aliphatic heterocycles. The molecule has 4 aromatic rings. The van der Waals surface area contributed by atoms with E-state index < -0.39 is 33.7 Å². The molecule has 1 aliphatic rings. The maximum Gasteiger partial charge on any atom is 0.268 e. The predicted molar refractivity (Wildman–Crippen MR) is 144 cm³/mol. The van der Waals surface area contributed by atoms with E-state index >= 15 is 0 Å². The Morgan fingerprint density at radius 1 is 1.03 bits per heavy atom. The van der Waals surface area contributed by atoms with E-state index in [1.165, 1.54) is 39.2 Å². The Bertz CT molecular complexity index is 1730. The second kappa shape index (κ2) is 10.7. The molecule has 2 aromatic carbocycles. The topological polar surface area (TPSA) is 136 Å². The highest BCUT2D eigenvalue weighted by Gasteiger charge is 2.27. The molecule has 39 heavy (non-hydrogen) atoms. The number of fused-ring (bicyclic) bond motifs is 1. The first kappa shape index (κ1) is 26.7. The molecule has 5 rings (SSSR count). The molecule has 1 saturated heterocycles. The number of aromatic nitrogens is 2. The molecule has 0 bridgehead atoms. The summed E-state index contributed by atoms with van der Waals surface area (Å²) in [7, 11) is -3.81. The first-order valence-corrected chi connectivity index (χ1v) is 14.0. The molecular formula is C28H27FN4O5S. The minimum Gasteiger partial charge on any atom is -0.392 e. The third-order valence-corrected chi connectivity index (χ3v) is 8.82. The van der Waals surface area contributed by atoms with Crippen molar-refractivity contribution in [3.63, 3.8) is 0 Å². The Labute approximate surface area is 224 Å². The third kappa shape index (κ3) is 5.08. The number of aliphatic hydroxyl groups is 1. The molecule has 11 heteroatoms. The Morgan fingerprint density at radius 2 is 1.74 bits per heavy atom. The van der Waals surface area contributed by atoms with Crippen molar-refractivity contribution in [2.45, 2.75) is 37.2 Å². The average molecular weight is 551 g/mol. The van der Waals surface area contributed by atoms with Gasteiger partial charge in [-0.1, -0.05) is 24.6 Å². The quantitative estimate of drug-likeness (QED) is 0.363. The minimum atomic E-state index is -3.81. The van der Waals surface area contributed by atoms with Crippen molar-refractivity contribution in [1.29, 1.82) is 0 Å². The number of piperidine rings is 1. The SMILES string of the molecule is NC(=O)c1c(CO)c2ncc(Cc3ccc(F)cc3)cc2n(-c2cccc(S(=O)(=O)N3CCCCC3)c2)c1=O. The number of benzene rings is 2. The number of hydrogen-bond acceptors (Lipinski definition) is 6. The van der Waals surface area contributed by atoms with Gasteiger partial charge in [-0.3, -0.25) is 19.1 Å². The van der Waals surface area contributed by atoms with Crippen LogP contribution in [0, 0.1) is 5.82 Å². The molecule has 9 nitrogen and oxygen atoms in total. The summed E-state index contributed by atoms with van der Waals surface area (Å²) in [6, 6.07) is 13.6. The number of rotatable bonds is 7. The molecule has 0 unspecified atom stereocenters. The van der Waals surface area contributed by atoms with Gasteiger partial charge in [-0.25, -0.2) is 12.8 Å². The number of sulfonamides is 1. The zero-order chi connectivity index (χ0) is 27.7. The summed E-state index contributed by atoms with van der Waals surface area (Å²) >= 11 is 0. The van der Waals surface area contributed by atoms with Crippen molar-refractivity contribution in [3.05, 3.63) is 99.2 Å². The van der Waals surface area contributed by atoms with Crippen molar-refractivity contribution in [3.8, 4) is 5.69 Å². The molecule has 3 N–H and O–H groups in total. The molecule has 0 aliphatic carbocycles. The van der Waals surface area contributed by atoms with Crippen LogP contribution in [0.3, 0.4) is 0 Å². The van der Waals surface area contributed by atoms with E-state index in [4.69, 9.17) is 5.73 Å². The number of nitrogens with zero attached hydrogens (tertiary/aromatic N) is 3. The van der Waals surface area contributed by atoms with E-state index in [-0.39, 0.29) is 33.0 Å². The Kier molecular flexibility index (Phi) is 7.30. The molecule has 0 atom stereocenters. The van der Waals surface area contributed by atoms with Gasteiger partial charge in [-0.15, -0.1) is 0 Å². The van der Waals surface area contributed by atoms with Crippen molar-refractivity contribution < 1.29 is 22.7 Å². The van der Waals surface area contributed by atoms with Gasteiger partial charge in [0.05, 0.1) is 28.2 Å². The fourth-order valence-corrected chi connectivity index (χ4v) is 6.56. The minimum absolute atomic E-state index is 0.0100. The number of carbonyl (C=O) groups is 1. The summed E-state index contributed by atoms with van der Waals surface area (Å²) in [5.74, 6) is -1.40. The van der Waals surface area contributed by atoms with E-state index in [9.17, 15) is 27.5 Å². The van der Waals surface area contributed by atoms with Crippen LogP contribution in [-0.2, 0) is 23.1 Å². The number of primary amides is 1. The Morgan fingerprint density at radius 3 is 2.41 bits per heavy atom. The van der Waals surface area contributed by atoms with Crippen LogP contribution in [0.4, 0.5) is 4.39 Å². The third-order valence-electron chi connectivity index (χ3n) is 6.92. The monoisotopic (exact) mass is 550 g/mol. The van der Waals surface area contributed by atoms with E-state index in [1.807, 2.05) is 0 Å². The van der Waals surface area contributed by atoms with E-state index in [1.54, 1.807) is 30.5 Å². The lowest BCUT2D eigenvalue weighted by Crippen LogP contribution is -2.35. The molecule has 0 saturated carbocycles. The van der Waals surface area contributed by atoms with Gasteiger partial charge in [0.15, 0.2) is 0 Å². The standard InChI is InChI=1S/C28H27FN4O5S/c29-20-9-7-18(8-10-20)13-19-14-24-26(31-16-19)23(17-34)25(27(30)35)28(36)33(24)21-5-4-6-22(15-21)39(37,38)32-11-2-1-3-12-32/h4-10,14-16,34H,1-3,11-13,17H2,(H2,30,35). The number of aliphatic hydroxyl groups excluding tert-OH is 1. The van der Waals surface area contributed by atoms with Gasteiger partial charge in [0.25, 0.3) is 11.5 Å². The van der Waals surface area contributed by atoms with Gasteiger partial charge in [-0.2, -0.15) is 4.31 Å². The maximum absolute atomic E-state index is 13.7. The number of amides is 1. The number of nitrogens with two attached hydrogens (primary N) is 1. The zero-order valence-electron chi connectivity index (χ0n) is 21.0. The number of pyridine rings is 2. The van der Waals surface area contributed by atoms with Crippen LogP contribution >= 0.6 is 0 Å². The molecule has 1 amide bonds. The molecule has 202 valence electrons. The second-order valence-electron chi connectivity index (χ2n) is 9.49. The van der Waals surface area contributed by atoms with E-state index in [0.717, 1.165) is 24.8 Å². The van der Waals surface area contributed by atoms with Crippen LogP contribution in [0.2, 0.25) is 0 Å². The second-order valence-corrected chi connectivity index (χ2v) is 11.4. The van der Waals surface area contributed by atoms with Gasteiger partial charge in [0, 0.05) is 24.8 Å². The average Bonchev–Trinajstić information content (AvgIpc) is 2.94. The van der Waals surface area contributed by atoms with Crippen LogP contribution < -0.4 is 11.3 Å².